The summed E-state index contributed by atoms with van der Waals surface area (Å²) >= 11 is 0. The summed E-state index contributed by atoms with van der Waals surface area (Å²) in [5, 5.41) is 21.5. The van der Waals surface area contributed by atoms with Crippen LogP contribution >= 0.6 is 0 Å². The van der Waals surface area contributed by atoms with E-state index >= 15 is 0 Å². The van der Waals surface area contributed by atoms with Gasteiger partial charge in [-0.05, 0) is 17.7 Å². The molecule has 0 aromatic heterocycles. The van der Waals surface area contributed by atoms with Gasteiger partial charge in [-0.25, -0.2) is 5.11 Å². The largest absolute Gasteiger partial charge is 0.340 e. The molecule has 2 aromatic carbocycles. The van der Waals surface area contributed by atoms with Gasteiger partial charge in [0.15, 0.2) is 0 Å². The smallest absolute Gasteiger partial charge is 0.129 e. The van der Waals surface area contributed by atoms with Gasteiger partial charge in [0.25, 0.3) is 0 Å². The van der Waals surface area contributed by atoms with Crippen LogP contribution < -0.4 is 5.32 Å². The van der Waals surface area contributed by atoms with Crippen molar-refractivity contribution in [1.82, 2.24) is 0 Å². The summed E-state index contributed by atoms with van der Waals surface area (Å²) in [4.78, 5) is 0. The first kappa shape index (κ1) is 13.1. The van der Waals surface area contributed by atoms with Crippen molar-refractivity contribution in [2.75, 3.05) is 11.9 Å². The molecule has 0 aliphatic rings. The maximum absolute atomic E-state index is 10.4. The molecular formula is C16H15N2O. The molecule has 0 atom stereocenters. The lowest BCUT2D eigenvalue weighted by Crippen LogP contribution is -2.11. The first-order chi connectivity index (χ1) is 9.29. The number of amidine groups is 1. The standard InChI is InChI=1S/C16H15N2O/c17-16(14-8-2-1-3-9-14)18-15-10-4-6-13(12-15)7-5-11-19/h1-10,12H,11H2,(H2,17,18). The minimum Gasteiger partial charge on any atom is -0.340 e. The van der Waals surface area contributed by atoms with Crippen molar-refractivity contribution in [3.05, 3.63) is 71.8 Å². The lowest BCUT2D eigenvalue weighted by Gasteiger charge is -2.08. The first-order valence-electron chi connectivity index (χ1n) is 6.05. The minimum atomic E-state index is -0.225. The fourth-order valence-electron chi connectivity index (χ4n) is 1.73. The summed E-state index contributed by atoms with van der Waals surface area (Å²) in [7, 11) is 0. The molecule has 2 rings (SSSR count). The van der Waals surface area contributed by atoms with Crippen molar-refractivity contribution in [2.24, 2.45) is 0 Å². The summed E-state index contributed by atoms with van der Waals surface area (Å²) in [6.45, 7) is -0.225. The summed E-state index contributed by atoms with van der Waals surface area (Å²) in [5.41, 5.74) is 2.62. The molecule has 0 aliphatic carbocycles. The van der Waals surface area contributed by atoms with Crippen molar-refractivity contribution in [3.63, 3.8) is 0 Å². The third-order valence-corrected chi connectivity index (χ3v) is 2.62. The second-order valence-electron chi connectivity index (χ2n) is 4.06. The average molecular weight is 251 g/mol. The molecule has 2 aromatic rings. The van der Waals surface area contributed by atoms with Crippen molar-refractivity contribution < 1.29 is 5.11 Å². The van der Waals surface area contributed by atoms with E-state index in [2.05, 4.69) is 5.32 Å². The van der Waals surface area contributed by atoms with Gasteiger partial charge in [0.1, 0.15) is 12.4 Å². The Bertz CT molecular complexity index is 576. The van der Waals surface area contributed by atoms with Crippen LogP contribution in [0.3, 0.4) is 0 Å². The molecule has 3 heteroatoms. The average Bonchev–Trinajstić information content (AvgIpc) is 2.46. The maximum Gasteiger partial charge on any atom is 0.129 e. The lowest BCUT2D eigenvalue weighted by molar-refractivity contribution is 0.233. The highest BCUT2D eigenvalue weighted by atomic mass is 16.2. The van der Waals surface area contributed by atoms with Gasteiger partial charge in [0.2, 0.25) is 0 Å². The molecule has 3 nitrogen and oxygen atoms in total. The van der Waals surface area contributed by atoms with Crippen LogP contribution in [0.4, 0.5) is 5.69 Å². The Hall–Kier alpha value is -2.39. The molecule has 0 unspecified atom stereocenters. The zero-order valence-corrected chi connectivity index (χ0v) is 10.5. The van der Waals surface area contributed by atoms with Gasteiger partial charge < -0.3 is 5.32 Å². The highest BCUT2D eigenvalue weighted by molar-refractivity contribution is 6.06. The fourth-order valence-corrected chi connectivity index (χ4v) is 1.73. The Kier molecular flexibility index (Phi) is 4.48. The van der Waals surface area contributed by atoms with Crippen LogP contribution in [0.1, 0.15) is 11.1 Å². The van der Waals surface area contributed by atoms with Crippen LogP contribution in [0.25, 0.3) is 6.08 Å². The van der Waals surface area contributed by atoms with E-state index in [1.54, 1.807) is 12.2 Å². The van der Waals surface area contributed by atoms with Gasteiger partial charge in [-0.15, -0.1) is 0 Å². The Labute approximate surface area is 112 Å². The van der Waals surface area contributed by atoms with Crippen molar-refractivity contribution >= 4 is 17.6 Å². The Morgan fingerprint density at radius 1 is 1.11 bits per heavy atom. The number of nitrogens with one attached hydrogen (secondary N) is 2. The van der Waals surface area contributed by atoms with E-state index in [4.69, 9.17) is 5.41 Å². The third-order valence-electron chi connectivity index (χ3n) is 2.62. The second kappa shape index (κ2) is 6.52. The molecule has 2 N–H and O–H groups in total. The summed E-state index contributed by atoms with van der Waals surface area (Å²) in [6.07, 6.45) is 3.35. The molecule has 19 heavy (non-hydrogen) atoms. The van der Waals surface area contributed by atoms with Crippen LogP contribution in [-0.4, -0.2) is 12.4 Å². The van der Waals surface area contributed by atoms with Crippen LogP contribution in [0.2, 0.25) is 0 Å². The molecule has 0 spiro atoms. The normalized spacial score (nSPS) is 10.6. The SMILES string of the molecule is N=C(Nc1cccc(C=CC[O])c1)c1ccccc1. The van der Waals surface area contributed by atoms with Crippen molar-refractivity contribution in [1.29, 1.82) is 5.41 Å². The summed E-state index contributed by atoms with van der Waals surface area (Å²) in [6, 6.07) is 17.1. The van der Waals surface area contributed by atoms with Gasteiger partial charge in [0.05, 0.1) is 0 Å². The Morgan fingerprint density at radius 2 is 1.89 bits per heavy atom. The molecule has 0 amide bonds. The zero-order chi connectivity index (χ0) is 13.5. The first-order valence-corrected chi connectivity index (χ1v) is 6.05. The van der Waals surface area contributed by atoms with E-state index in [-0.39, 0.29) is 6.61 Å². The van der Waals surface area contributed by atoms with Crippen molar-refractivity contribution in [2.45, 2.75) is 0 Å². The fraction of sp³-hybridized carbons (Fsp3) is 0.0625. The van der Waals surface area contributed by atoms with Gasteiger partial charge in [-0.1, -0.05) is 54.6 Å². The number of anilines is 1. The quantitative estimate of drug-likeness (QED) is 0.633. The van der Waals surface area contributed by atoms with Gasteiger partial charge >= 0.3 is 0 Å². The van der Waals surface area contributed by atoms with E-state index in [1.165, 1.54) is 0 Å². The van der Waals surface area contributed by atoms with Crippen molar-refractivity contribution in [3.8, 4) is 0 Å². The van der Waals surface area contributed by atoms with E-state index in [9.17, 15) is 5.11 Å². The number of rotatable bonds is 4. The lowest BCUT2D eigenvalue weighted by atomic mass is 10.1. The number of benzene rings is 2. The third kappa shape index (κ3) is 3.79. The molecule has 0 bridgehead atoms. The van der Waals surface area contributed by atoms with E-state index in [1.807, 2.05) is 54.6 Å². The molecule has 0 saturated heterocycles. The van der Waals surface area contributed by atoms with Crippen LogP contribution in [-0.2, 0) is 5.11 Å². The minimum absolute atomic E-state index is 0.225. The Balaban J connectivity index is 2.11. The molecule has 1 radical (unpaired) electrons. The molecule has 95 valence electrons. The molecule has 0 fully saturated rings. The van der Waals surface area contributed by atoms with Crippen LogP contribution in [0.15, 0.2) is 60.7 Å². The monoisotopic (exact) mass is 251 g/mol. The van der Waals surface area contributed by atoms with Gasteiger partial charge in [-0.3, -0.25) is 5.41 Å². The zero-order valence-electron chi connectivity index (χ0n) is 10.5. The van der Waals surface area contributed by atoms with E-state index < -0.39 is 0 Å². The Morgan fingerprint density at radius 3 is 2.63 bits per heavy atom. The van der Waals surface area contributed by atoms with E-state index in [0.717, 1.165) is 16.8 Å². The topological polar surface area (TPSA) is 55.8 Å². The summed E-state index contributed by atoms with van der Waals surface area (Å²) < 4.78 is 0. The highest BCUT2D eigenvalue weighted by Crippen LogP contribution is 2.13. The van der Waals surface area contributed by atoms with Gasteiger partial charge in [0, 0.05) is 11.3 Å². The predicted octanol–water partition coefficient (Wildman–Crippen LogP) is 3.57. The number of hydrogen-bond acceptors (Lipinski definition) is 1. The summed E-state index contributed by atoms with van der Waals surface area (Å²) in [5.74, 6) is 0.352. The van der Waals surface area contributed by atoms with Crippen LogP contribution in [0.5, 0.6) is 0 Å². The highest BCUT2D eigenvalue weighted by Gasteiger charge is 2.00. The molecule has 0 heterocycles. The molecule has 0 aliphatic heterocycles. The predicted molar refractivity (Wildman–Crippen MR) is 77.9 cm³/mol. The maximum atomic E-state index is 10.4. The van der Waals surface area contributed by atoms with Gasteiger partial charge in [-0.2, -0.15) is 0 Å². The van der Waals surface area contributed by atoms with Crippen LogP contribution in [0, 0.1) is 5.41 Å². The molecule has 0 saturated carbocycles. The second-order valence-corrected chi connectivity index (χ2v) is 4.06. The van der Waals surface area contributed by atoms with E-state index in [0.29, 0.717) is 5.84 Å². The number of hydrogen-bond donors (Lipinski definition) is 2. The molecular weight excluding hydrogens is 236 g/mol.